The molecule has 0 saturated heterocycles. The van der Waals surface area contributed by atoms with Gasteiger partial charge in [-0.3, -0.25) is 4.79 Å². The van der Waals surface area contributed by atoms with E-state index in [-0.39, 0.29) is 5.91 Å². The predicted molar refractivity (Wildman–Crippen MR) is 84.1 cm³/mol. The summed E-state index contributed by atoms with van der Waals surface area (Å²) in [5.41, 5.74) is 2.05. The highest BCUT2D eigenvalue weighted by Gasteiger charge is 2.35. The molecule has 3 heteroatoms. The zero-order chi connectivity index (χ0) is 14.4. The van der Waals surface area contributed by atoms with E-state index in [2.05, 4.69) is 24.5 Å². The van der Waals surface area contributed by atoms with Crippen LogP contribution in [0.1, 0.15) is 56.3 Å². The predicted octanol–water partition coefficient (Wildman–Crippen LogP) is 3.82. The van der Waals surface area contributed by atoms with Crippen molar-refractivity contribution in [3.8, 4) is 0 Å². The van der Waals surface area contributed by atoms with Gasteiger partial charge in [-0.25, -0.2) is 0 Å². The van der Waals surface area contributed by atoms with E-state index in [1.165, 1.54) is 19.3 Å². The van der Waals surface area contributed by atoms with Crippen LogP contribution in [0.15, 0.2) is 24.3 Å². The fraction of sp³-hybridized carbons (Fsp3) is 0.588. The largest absolute Gasteiger partial charge is 0.384 e. The lowest BCUT2D eigenvalue weighted by atomic mass is 9.67. The molecule has 0 unspecified atom stereocenters. The lowest BCUT2D eigenvalue weighted by Gasteiger charge is -2.41. The summed E-state index contributed by atoms with van der Waals surface area (Å²) in [6.45, 7) is 6.05. The second-order valence-corrected chi connectivity index (χ2v) is 5.86. The Kier molecular flexibility index (Phi) is 5.05. The van der Waals surface area contributed by atoms with E-state index in [1.807, 2.05) is 24.3 Å². The van der Waals surface area contributed by atoms with E-state index in [0.717, 1.165) is 37.2 Å². The van der Waals surface area contributed by atoms with Gasteiger partial charge in [0.25, 0.3) is 5.91 Å². The summed E-state index contributed by atoms with van der Waals surface area (Å²) in [5, 5.41) is 6.45. The Hall–Kier alpha value is -1.51. The summed E-state index contributed by atoms with van der Waals surface area (Å²) in [6, 6.07) is 7.76. The van der Waals surface area contributed by atoms with Gasteiger partial charge in [0.15, 0.2) is 0 Å². The van der Waals surface area contributed by atoms with Crippen LogP contribution in [0.3, 0.4) is 0 Å². The number of rotatable bonds is 7. The van der Waals surface area contributed by atoms with Crippen molar-refractivity contribution in [2.24, 2.45) is 5.41 Å². The van der Waals surface area contributed by atoms with Crippen molar-refractivity contribution in [2.45, 2.75) is 46.0 Å². The molecule has 20 heavy (non-hydrogen) atoms. The molecule has 0 radical (unpaired) electrons. The van der Waals surface area contributed by atoms with Crippen LogP contribution in [-0.2, 0) is 0 Å². The summed E-state index contributed by atoms with van der Waals surface area (Å²) in [5.74, 6) is 0.0453. The highest BCUT2D eigenvalue weighted by Crippen LogP contribution is 2.43. The number of nitrogens with one attached hydrogen (secondary N) is 2. The molecule has 3 nitrogen and oxygen atoms in total. The minimum Gasteiger partial charge on any atom is -0.384 e. The lowest BCUT2D eigenvalue weighted by molar-refractivity contribution is 0.0851. The van der Waals surface area contributed by atoms with Gasteiger partial charge in [-0.15, -0.1) is 0 Å². The maximum atomic E-state index is 12.4. The quantitative estimate of drug-likeness (QED) is 0.793. The van der Waals surface area contributed by atoms with Crippen molar-refractivity contribution < 1.29 is 4.79 Å². The standard InChI is InChI=1S/C17H26N2O/c1-3-12-18-15-9-6-5-8-14(15)16(20)19-13-17(4-2)10-7-11-17/h5-6,8-9,18H,3-4,7,10-13H2,1-2H3,(H,19,20). The molecule has 1 aromatic rings. The lowest BCUT2D eigenvalue weighted by Crippen LogP contribution is -2.41. The van der Waals surface area contributed by atoms with Crippen LogP contribution in [0.5, 0.6) is 0 Å². The van der Waals surface area contributed by atoms with Crippen molar-refractivity contribution in [1.82, 2.24) is 5.32 Å². The maximum Gasteiger partial charge on any atom is 0.253 e. The zero-order valence-electron chi connectivity index (χ0n) is 12.7. The van der Waals surface area contributed by atoms with E-state index >= 15 is 0 Å². The van der Waals surface area contributed by atoms with E-state index in [0.29, 0.717) is 5.41 Å². The minimum atomic E-state index is 0.0453. The molecule has 110 valence electrons. The Morgan fingerprint density at radius 2 is 2.00 bits per heavy atom. The van der Waals surface area contributed by atoms with Gasteiger partial charge in [0.05, 0.1) is 5.56 Å². The molecular formula is C17H26N2O. The van der Waals surface area contributed by atoms with Crippen LogP contribution in [0.25, 0.3) is 0 Å². The molecule has 2 rings (SSSR count). The molecule has 1 aromatic carbocycles. The Labute approximate surface area is 122 Å². The smallest absolute Gasteiger partial charge is 0.253 e. The van der Waals surface area contributed by atoms with Gasteiger partial charge in [-0.05, 0) is 43.2 Å². The molecule has 1 fully saturated rings. The van der Waals surface area contributed by atoms with E-state index in [1.54, 1.807) is 0 Å². The van der Waals surface area contributed by atoms with Gasteiger partial charge in [-0.2, -0.15) is 0 Å². The topological polar surface area (TPSA) is 41.1 Å². The molecule has 0 spiro atoms. The number of carbonyl (C=O) groups excluding carboxylic acids is 1. The normalized spacial score (nSPS) is 16.3. The van der Waals surface area contributed by atoms with Gasteiger partial charge in [0, 0.05) is 18.8 Å². The highest BCUT2D eigenvalue weighted by atomic mass is 16.1. The SMILES string of the molecule is CCCNc1ccccc1C(=O)NCC1(CC)CCC1. The molecule has 0 aromatic heterocycles. The summed E-state index contributed by atoms with van der Waals surface area (Å²) < 4.78 is 0. The van der Waals surface area contributed by atoms with Gasteiger partial charge >= 0.3 is 0 Å². The molecular weight excluding hydrogens is 248 g/mol. The Morgan fingerprint density at radius 3 is 2.60 bits per heavy atom. The number of anilines is 1. The molecule has 2 N–H and O–H groups in total. The van der Waals surface area contributed by atoms with Crippen molar-refractivity contribution in [3.05, 3.63) is 29.8 Å². The molecule has 1 aliphatic rings. The van der Waals surface area contributed by atoms with Gasteiger partial charge in [0.1, 0.15) is 0 Å². The first-order valence-corrected chi connectivity index (χ1v) is 7.82. The van der Waals surface area contributed by atoms with Gasteiger partial charge in [0.2, 0.25) is 0 Å². The maximum absolute atomic E-state index is 12.4. The minimum absolute atomic E-state index is 0.0453. The molecule has 0 heterocycles. The number of hydrogen-bond acceptors (Lipinski definition) is 2. The first-order chi connectivity index (χ1) is 9.71. The third-order valence-electron chi connectivity index (χ3n) is 4.53. The van der Waals surface area contributed by atoms with Crippen LogP contribution in [0, 0.1) is 5.41 Å². The first kappa shape index (κ1) is 14.9. The fourth-order valence-corrected chi connectivity index (χ4v) is 2.79. The van der Waals surface area contributed by atoms with Crippen LogP contribution in [-0.4, -0.2) is 19.0 Å². The Balaban J connectivity index is 1.98. The third kappa shape index (κ3) is 3.33. The third-order valence-corrected chi connectivity index (χ3v) is 4.53. The number of amides is 1. The zero-order valence-corrected chi connectivity index (χ0v) is 12.7. The van der Waals surface area contributed by atoms with Crippen LogP contribution in [0.4, 0.5) is 5.69 Å². The molecule has 0 aliphatic heterocycles. The van der Waals surface area contributed by atoms with Gasteiger partial charge < -0.3 is 10.6 Å². The van der Waals surface area contributed by atoms with Crippen LogP contribution < -0.4 is 10.6 Å². The number of hydrogen-bond donors (Lipinski definition) is 2. The Bertz CT molecular complexity index is 447. The summed E-state index contributed by atoms with van der Waals surface area (Å²) in [7, 11) is 0. The number of para-hydroxylation sites is 1. The van der Waals surface area contributed by atoms with E-state index < -0.39 is 0 Å². The van der Waals surface area contributed by atoms with Crippen molar-refractivity contribution in [2.75, 3.05) is 18.4 Å². The molecule has 0 bridgehead atoms. The van der Waals surface area contributed by atoms with Crippen molar-refractivity contribution >= 4 is 11.6 Å². The first-order valence-electron chi connectivity index (χ1n) is 7.82. The van der Waals surface area contributed by atoms with Crippen molar-refractivity contribution in [1.29, 1.82) is 0 Å². The summed E-state index contributed by atoms with van der Waals surface area (Å²) in [4.78, 5) is 12.4. The summed E-state index contributed by atoms with van der Waals surface area (Å²) >= 11 is 0. The van der Waals surface area contributed by atoms with Crippen molar-refractivity contribution in [3.63, 3.8) is 0 Å². The summed E-state index contributed by atoms with van der Waals surface area (Å²) in [6.07, 6.45) is 6.01. The second kappa shape index (κ2) is 6.78. The molecule has 0 atom stereocenters. The highest BCUT2D eigenvalue weighted by molar-refractivity contribution is 5.99. The molecule has 1 aliphatic carbocycles. The number of carbonyl (C=O) groups is 1. The molecule has 1 amide bonds. The van der Waals surface area contributed by atoms with Crippen LogP contribution in [0.2, 0.25) is 0 Å². The fourth-order valence-electron chi connectivity index (χ4n) is 2.79. The van der Waals surface area contributed by atoms with E-state index in [4.69, 9.17) is 0 Å². The number of benzene rings is 1. The van der Waals surface area contributed by atoms with Gasteiger partial charge in [-0.1, -0.05) is 32.4 Å². The Morgan fingerprint density at radius 1 is 1.25 bits per heavy atom. The van der Waals surface area contributed by atoms with E-state index in [9.17, 15) is 4.79 Å². The second-order valence-electron chi connectivity index (χ2n) is 5.86. The average Bonchev–Trinajstić information content (AvgIpc) is 2.44. The molecule has 1 saturated carbocycles. The van der Waals surface area contributed by atoms with Crippen LogP contribution >= 0.6 is 0 Å². The monoisotopic (exact) mass is 274 g/mol. The average molecular weight is 274 g/mol.